The van der Waals surface area contributed by atoms with Gasteiger partial charge in [0.15, 0.2) is 0 Å². The van der Waals surface area contributed by atoms with Crippen molar-refractivity contribution < 1.29 is 14.5 Å². The number of fused-ring (bicyclic) bond motifs is 1. The molecule has 2 amide bonds. The molecular formula is C16H13ClN2O4. The molecule has 0 unspecified atom stereocenters. The van der Waals surface area contributed by atoms with E-state index in [0.29, 0.717) is 0 Å². The van der Waals surface area contributed by atoms with Crippen molar-refractivity contribution in [1.29, 1.82) is 0 Å². The normalized spacial score (nSPS) is 31.6. The van der Waals surface area contributed by atoms with E-state index in [1.165, 1.54) is 18.2 Å². The molecule has 1 saturated carbocycles. The number of carbonyl (C=O) groups excluding carboxylic acids is 2. The van der Waals surface area contributed by atoms with Gasteiger partial charge in [-0.05, 0) is 36.8 Å². The molecule has 7 heteroatoms. The van der Waals surface area contributed by atoms with Crippen molar-refractivity contribution in [2.45, 2.75) is 12.8 Å². The van der Waals surface area contributed by atoms with Crippen LogP contribution in [0.3, 0.4) is 0 Å². The molecule has 1 saturated heterocycles. The summed E-state index contributed by atoms with van der Waals surface area (Å²) in [6, 6.07) is 4.01. The van der Waals surface area contributed by atoms with Crippen molar-refractivity contribution in [3.05, 3.63) is 45.5 Å². The van der Waals surface area contributed by atoms with Crippen molar-refractivity contribution in [3.63, 3.8) is 0 Å². The second-order valence-corrected chi connectivity index (χ2v) is 6.68. The van der Waals surface area contributed by atoms with Crippen LogP contribution in [0.1, 0.15) is 12.8 Å². The van der Waals surface area contributed by atoms with E-state index in [-0.39, 0.29) is 51.9 Å². The van der Waals surface area contributed by atoms with Crippen LogP contribution in [0, 0.1) is 33.8 Å². The predicted octanol–water partition coefficient (Wildman–Crippen LogP) is 2.95. The molecule has 2 bridgehead atoms. The number of nitrogens with zero attached hydrogens (tertiary/aromatic N) is 2. The van der Waals surface area contributed by atoms with Crippen LogP contribution in [0.25, 0.3) is 0 Å². The number of nitro groups is 1. The number of carbonyl (C=O) groups is 2. The highest BCUT2D eigenvalue weighted by molar-refractivity contribution is 6.31. The number of halogens is 1. The van der Waals surface area contributed by atoms with E-state index in [4.69, 9.17) is 11.6 Å². The molecule has 5 rings (SSSR count). The first-order valence-electron chi connectivity index (χ1n) is 7.49. The van der Waals surface area contributed by atoms with Crippen LogP contribution in [0.2, 0.25) is 5.02 Å². The Bertz CT molecular complexity index is 743. The summed E-state index contributed by atoms with van der Waals surface area (Å²) in [4.78, 5) is 37.3. The van der Waals surface area contributed by atoms with E-state index in [2.05, 4.69) is 0 Å². The van der Waals surface area contributed by atoms with Gasteiger partial charge in [0.1, 0.15) is 5.69 Å². The lowest BCUT2D eigenvalue weighted by Gasteiger charge is -2.38. The molecule has 1 aromatic rings. The largest absolute Gasteiger partial charge is 0.294 e. The number of rotatable bonds is 2. The van der Waals surface area contributed by atoms with Crippen LogP contribution in [-0.2, 0) is 9.59 Å². The molecule has 0 aromatic heterocycles. The number of hydrogen-bond donors (Lipinski definition) is 0. The summed E-state index contributed by atoms with van der Waals surface area (Å²) in [6.07, 6.45) is 5.80. The van der Waals surface area contributed by atoms with Crippen LogP contribution < -0.4 is 4.90 Å². The van der Waals surface area contributed by atoms with Gasteiger partial charge in [-0.15, -0.1) is 0 Å². The first-order valence-corrected chi connectivity index (χ1v) is 7.87. The summed E-state index contributed by atoms with van der Waals surface area (Å²) in [5.41, 5.74) is -0.304. The number of imide groups is 1. The first kappa shape index (κ1) is 14.4. The molecule has 23 heavy (non-hydrogen) atoms. The fourth-order valence-corrected chi connectivity index (χ4v) is 4.31. The number of allylic oxidation sites excluding steroid dienone is 2. The number of amides is 2. The van der Waals surface area contributed by atoms with Crippen LogP contribution in [0.4, 0.5) is 11.4 Å². The third kappa shape index (κ3) is 1.94. The van der Waals surface area contributed by atoms with E-state index in [9.17, 15) is 19.7 Å². The van der Waals surface area contributed by atoms with E-state index in [1.807, 2.05) is 12.2 Å². The summed E-state index contributed by atoms with van der Waals surface area (Å²) < 4.78 is 0. The Hall–Kier alpha value is -2.21. The molecule has 0 N–H and O–H groups in total. The molecule has 2 fully saturated rings. The minimum absolute atomic E-state index is 0.0169. The Labute approximate surface area is 136 Å². The van der Waals surface area contributed by atoms with Crippen molar-refractivity contribution in [2.24, 2.45) is 23.7 Å². The van der Waals surface area contributed by atoms with Crippen LogP contribution in [0.15, 0.2) is 30.4 Å². The van der Waals surface area contributed by atoms with Gasteiger partial charge in [-0.3, -0.25) is 19.7 Å². The van der Waals surface area contributed by atoms with Gasteiger partial charge in [-0.1, -0.05) is 23.8 Å². The average Bonchev–Trinajstić information content (AvgIpc) is 2.82. The Morgan fingerprint density at radius 2 is 1.65 bits per heavy atom. The van der Waals surface area contributed by atoms with Gasteiger partial charge in [0.25, 0.3) is 5.69 Å². The summed E-state index contributed by atoms with van der Waals surface area (Å²) in [5, 5.41) is 11.5. The minimum atomic E-state index is -0.614. The highest BCUT2D eigenvalue weighted by atomic mass is 35.5. The number of benzene rings is 1. The van der Waals surface area contributed by atoms with Gasteiger partial charge in [-0.25, -0.2) is 4.90 Å². The highest BCUT2D eigenvalue weighted by Gasteiger charge is 2.57. The van der Waals surface area contributed by atoms with Gasteiger partial charge in [0.05, 0.1) is 16.8 Å². The average molecular weight is 333 g/mol. The first-order chi connectivity index (χ1) is 11.0. The lowest BCUT2D eigenvalue weighted by Crippen LogP contribution is -2.38. The molecule has 4 aliphatic rings. The Morgan fingerprint density at radius 1 is 1.09 bits per heavy atom. The van der Waals surface area contributed by atoms with Crippen LogP contribution in [0.5, 0.6) is 0 Å². The molecule has 118 valence electrons. The van der Waals surface area contributed by atoms with Gasteiger partial charge in [0.2, 0.25) is 11.8 Å². The topological polar surface area (TPSA) is 80.5 Å². The molecular weight excluding hydrogens is 320 g/mol. The summed E-state index contributed by atoms with van der Waals surface area (Å²) >= 11 is 5.82. The smallest absolute Gasteiger partial charge is 0.274 e. The Balaban J connectivity index is 1.81. The maximum absolute atomic E-state index is 12.8. The predicted molar refractivity (Wildman–Crippen MR) is 82.9 cm³/mol. The molecule has 0 spiro atoms. The zero-order valence-electron chi connectivity index (χ0n) is 12.0. The summed E-state index contributed by atoms with van der Waals surface area (Å²) in [5.74, 6) is -1.33. The third-order valence-electron chi connectivity index (χ3n) is 5.13. The van der Waals surface area contributed by atoms with E-state index in [1.54, 1.807) is 0 Å². The lowest BCUT2D eigenvalue weighted by atomic mass is 9.63. The minimum Gasteiger partial charge on any atom is -0.274 e. The second kappa shape index (κ2) is 4.89. The lowest BCUT2D eigenvalue weighted by molar-refractivity contribution is -0.384. The van der Waals surface area contributed by atoms with E-state index >= 15 is 0 Å². The molecule has 0 radical (unpaired) electrons. The number of anilines is 1. The Morgan fingerprint density at radius 3 is 2.13 bits per heavy atom. The van der Waals surface area contributed by atoms with Gasteiger partial charge in [0, 0.05) is 11.1 Å². The zero-order valence-corrected chi connectivity index (χ0v) is 12.8. The molecule has 1 heterocycles. The fraction of sp³-hybridized carbons (Fsp3) is 0.375. The van der Waals surface area contributed by atoms with Crippen LogP contribution in [-0.4, -0.2) is 16.7 Å². The summed E-state index contributed by atoms with van der Waals surface area (Å²) in [6.45, 7) is 0. The SMILES string of the molecule is O=C1[C@@H]2[C@@H](C(=O)N1c1ccc(Cl)cc1[N+](=O)[O-])[C@H]1C=C[C@H]2CC1. The standard InChI is InChI=1S/C16H13ClN2O4/c17-10-5-6-11(12(7-10)19(22)23)18-15(20)13-8-1-2-9(4-3-8)14(13)16(18)21/h1-2,5-9,13-14H,3-4H2/t8-,9-,13-,14-/m0/s1. The van der Waals surface area contributed by atoms with E-state index < -0.39 is 4.92 Å². The highest BCUT2D eigenvalue weighted by Crippen LogP contribution is 2.51. The van der Waals surface area contributed by atoms with Gasteiger partial charge >= 0.3 is 0 Å². The molecule has 1 aromatic carbocycles. The van der Waals surface area contributed by atoms with Gasteiger partial charge in [-0.2, -0.15) is 0 Å². The van der Waals surface area contributed by atoms with Crippen molar-refractivity contribution in [3.8, 4) is 0 Å². The number of hydrogen-bond acceptors (Lipinski definition) is 4. The molecule has 1 aliphatic heterocycles. The van der Waals surface area contributed by atoms with Gasteiger partial charge < -0.3 is 0 Å². The van der Waals surface area contributed by atoms with Crippen molar-refractivity contribution in [2.75, 3.05) is 4.90 Å². The Kier molecular flexibility index (Phi) is 3.06. The zero-order chi connectivity index (χ0) is 16.3. The molecule has 3 aliphatic carbocycles. The maximum Gasteiger partial charge on any atom is 0.294 e. The second-order valence-electron chi connectivity index (χ2n) is 6.24. The monoisotopic (exact) mass is 332 g/mol. The molecule has 4 atom stereocenters. The molecule has 6 nitrogen and oxygen atoms in total. The van der Waals surface area contributed by atoms with Crippen molar-refractivity contribution in [1.82, 2.24) is 0 Å². The van der Waals surface area contributed by atoms with E-state index in [0.717, 1.165) is 17.7 Å². The quantitative estimate of drug-likeness (QED) is 0.361. The number of nitro benzene ring substituents is 1. The summed E-state index contributed by atoms with van der Waals surface area (Å²) in [7, 11) is 0. The maximum atomic E-state index is 12.8. The fourth-order valence-electron chi connectivity index (χ4n) is 4.14. The van der Waals surface area contributed by atoms with Crippen molar-refractivity contribution >= 4 is 34.8 Å². The third-order valence-corrected chi connectivity index (χ3v) is 5.37. The van der Waals surface area contributed by atoms with Crippen LogP contribution >= 0.6 is 11.6 Å².